The van der Waals surface area contributed by atoms with Gasteiger partial charge in [-0.05, 0) is 29.6 Å². The fraction of sp³-hybridized carbons (Fsp3) is 0.143. The Morgan fingerprint density at radius 3 is 2.67 bits per heavy atom. The molecule has 4 N–H and O–H groups in total. The molecule has 1 heterocycles. The van der Waals surface area contributed by atoms with Gasteiger partial charge in [0.2, 0.25) is 0 Å². The summed E-state index contributed by atoms with van der Waals surface area (Å²) in [6, 6.07) is 8.28. The molecule has 2 rings (SSSR count). The van der Waals surface area contributed by atoms with E-state index in [0.717, 1.165) is 0 Å². The highest BCUT2D eigenvalue weighted by Crippen LogP contribution is 2.22. The largest absolute Gasteiger partial charge is 0.351 e. The fourth-order valence-corrected chi connectivity index (χ4v) is 2.54. The number of hydrogen-bond donors (Lipinski definition) is 3. The van der Waals surface area contributed by atoms with Crippen LogP contribution in [-0.4, -0.2) is 24.9 Å². The van der Waals surface area contributed by atoms with Crippen molar-refractivity contribution in [3.63, 3.8) is 0 Å². The zero-order valence-electron chi connectivity index (χ0n) is 11.1. The number of hydrogen-bond acceptors (Lipinski definition) is 4. The maximum absolute atomic E-state index is 11.9. The van der Waals surface area contributed by atoms with Crippen molar-refractivity contribution in [1.29, 1.82) is 0 Å². The molecule has 0 fully saturated rings. The predicted octanol–water partition coefficient (Wildman–Crippen LogP) is 2.34. The number of rotatable bonds is 5. The molecule has 1 aromatic heterocycles. The minimum atomic E-state index is -0.290. The van der Waals surface area contributed by atoms with Crippen molar-refractivity contribution in [1.82, 2.24) is 5.32 Å². The van der Waals surface area contributed by atoms with Crippen molar-refractivity contribution in [2.45, 2.75) is 0 Å². The molecule has 0 radical (unpaired) electrons. The second kappa shape index (κ2) is 7.21. The second-order valence-electron chi connectivity index (χ2n) is 4.17. The smallest absolute Gasteiger partial charge is 0.265 e. The Hall–Kier alpha value is -1.89. The van der Waals surface area contributed by atoms with Crippen molar-refractivity contribution in [2.24, 2.45) is 5.73 Å². The molecule has 0 spiro atoms. The van der Waals surface area contributed by atoms with Gasteiger partial charge >= 0.3 is 0 Å². The molecule has 1 aromatic carbocycles. The monoisotopic (exact) mass is 323 g/mol. The first kappa shape index (κ1) is 15.5. The highest BCUT2D eigenvalue weighted by molar-refractivity contribution is 7.12. The molecule has 2 aromatic rings. The second-order valence-corrected chi connectivity index (χ2v) is 5.53. The SMILES string of the molecule is NCCNC(=O)c1ccc(NC(=O)c2cccs2)cc1Cl. The van der Waals surface area contributed by atoms with Gasteiger partial charge in [-0.2, -0.15) is 0 Å². The summed E-state index contributed by atoms with van der Waals surface area (Å²) in [6.07, 6.45) is 0. The van der Waals surface area contributed by atoms with Crippen LogP contribution in [0.25, 0.3) is 0 Å². The van der Waals surface area contributed by atoms with Crippen molar-refractivity contribution >= 4 is 40.4 Å². The summed E-state index contributed by atoms with van der Waals surface area (Å²) in [5, 5.41) is 7.47. The number of halogens is 1. The number of thiophene rings is 1. The lowest BCUT2D eigenvalue weighted by Gasteiger charge is -2.08. The molecule has 0 aliphatic rings. The fourth-order valence-electron chi connectivity index (χ4n) is 1.66. The Morgan fingerprint density at radius 2 is 2.05 bits per heavy atom. The van der Waals surface area contributed by atoms with Gasteiger partial charge in [-0.1, -0.05) is 17.7 Å². The van der Waals surface area contributed by atoms with Gasteiger partial charge in [0.15, 0.2) is 0 Å². The minimum absolute atomic E-state index is 0.207. The summed E-state index contributed by atoms with van der Waals surface area (Å²) in [4.78, 5) is 24.3. The van der Waals surface area contributed by atoms with Crippen LogP contribution < -0.4 is 16.4 Å². The van der Waals surface area contributed by atoms with Crippen molar-refractivity contribution in [3.05, 3.63) is 51.2 Å². The number of nitrogens with two attached hydrogens (primary N) is 1. The Kier molecular flexibility index (Phi) is 5.32. The van der Waals surface area contributed by atoms with E-state index in [1.165, 1.54) is 11.3 Å². The molecule has 0 saturated heterocycles. The normalized spacial score (nSPS) is 10.2. The van der Waals surface area contributed by atoms with Crippen LogP contribution in [0.4, 0.5) is 5.69 Å². The highest BCUT2D eigenvalue weighted by Gasteiger charge is 2.12. The number of benzene rings is 1. The van der Waals surface area contributed by atoms with E-state index in [4.69, 9.17) is 17.3 Å². The van der Waals surface area contributed by atoms with Crippen LogP contribution in [0.2, 0.25) is 5.02 Å². The summed E-state index contributed by atoms with van der Waals surface area (Å²) >= 11 is 7.42. The van der Waals surface area contributed by atoms with E-state index in [9.17, 15) is 9.59 Å². The molecule has 0 aliphatic heterocycles. The predicted molar refractivity (Wildman–Crippen MR) is 85.1 cm³/mol. The zero-order valence-corrected chi connectivity index (χ0v) is 12.6. The van der Waals surface area contributed by atoms with Crippen LogP contribution in [0.15, 0.2) is 35.7 Å². The molecule has 0 saturated carbocycles. The third kappa shape index (κ3) is 4.04. The first-order chi connectivity index (χ1) is 10.1. The van der Waals surface area contributed by atoms with Gasteiger partial charge in [-0.3, -0.25) is 9.59 Å². The van der Waals surface area contributed by atoms with Crippen LogP contribution in [-0.2, 0) is 0 Å². The van der Waals surface area contributed by atoms with Gasteiger partial charge in [0.25, 0.3) is 11.8 Å². The maximum Gasteiger partial charge on any atom is 0.265 e. The maximum atomic E-state index is 11.9. The van der Waals surface area contributed by atoms with Crippen LogP contribution >= 0.6 is 22.9 Å². The lowest BCUT2D eigenvalue weighted by Crippen LogP contribution is -2.29. The molecule has 2 amide bonds. The molecule has 0 bridgehead atoms. The van der Waals surface area contributed by atoms with E-state index < -0.39 is 0 Å². The Labute approximate surface area is 131 Å². The average Bonchev–Trinajstić information content (AvgIpc) is 2.99. The minimum Gasteiger partial charge on any atom is -0.351 e. The molecular weight excluding hydrogens is 310 g/mol. The van der Waals surface area contributed by atoms with Crippen LogP contribution in [0.5, 0.6) is 0 Å². The van der Waals surface area contributed by atoms with Crippen LogP contribution in [0.1, 0.15) is 20.0 Å². The lowest BCUT2D eigenvalue weighted by molar-refractivity contribution is 0.0954. The standard InChI is InChI=1S/C14H14ClN3O2S/c15-11-8-9(18-14(20)12-2-1-7-21-12)3-4-10(11)13(19)17-6-5-16/h1-4,7-8H,5-6,16H2,(H,17,19)(H,18,20). The molecular formula is C14H14ClN3O2S. The van der Waals surface area contributed by atoms with Crippen LogP contribution in [0, 0.1) is 0 Å². The van der Waals surface area contributed by atoms with Crippen molar-refractivity contribution in [3.8, 4) is 0 Å². The number of nitrogens with one attached hydrogen (secondary N) is 2. The molecule has 5 nitrogen and oxygen atoms in total. The average molecular weight is 324 g/mol. The molecule has 7 heteroatoms. The summed E-state index contributed by atoms with van der Waals surface area (Å²) in [7, 11) is 0. The topological polar surface area (TPSA) is 84.2 Å². The number of anilines is 1. The van der Waals surface area contributed by atoms with Gasteiger partial charge in [-0.25, -0.2) is 0 Å². The van der Waals surface area contributed by atoms with E-state index in [1.807, 2.05) is 5.38 Å². The zero-order chi connectivity index (χ0) is 15.2. The third-order valence-electron chi connectivity index (χ3n) is 2.65. The molecule has 110 valence electrons. The van der Waals surface area contributed by atoms with E-state index >= 15 is 0 Å². The lowest BCUT2D eigenvalue weighted by atomic mass is 10.2. The first-order valence-electron chi connectivity index (χ1n) is 6.24. The van der Waals surface area contributed by atoms with E-state index in [2.05, 4.69) is 10.6 Å². The van der Waals surface area contributed by atoms with E-state index in [-0.39, 0.29) is 16.8 Å². The number of amides is 2. The number of carbonyl (C=O) groups excluding carboxylic acids is 2. The van der Waals surface area contributed by atoms with Gasteiger partial charge in [-0.15, -0.1) is 11.3 Å². The van der Waals surface area contributed by atoms with Crippen molar-refractivity contribution < 1.29 is 9.59 Å². The van der Waals surface area contributed by atoms with Crippen LogP contribution in [0.3, 0.4) is 0 Å². The Balaban J connectivity index is 2.08. The third-order valence-corrected chi connectivity index (χ3v) is 3.83. The van der Waals surface area contributed by atoms with Gasteiger partial charge < -0.3 is 16.4 Å². The Morgan fingerprint density at radius 1 is 1.24 bits per heavy atom. The molecule has 0 atom stereocenters. The Bertz CT molecular complexity index is 644. The molecule has 21 heavy (non-hydrogen) atoms. The molecule has 0 aliphatic carbocycles. The summed E-state index contributed by atoms with van der Waals surface area (Å²) in [5.41, 5.74) is 6.21. The van der Waals surface area contributed by atoms with E-state index in [1.54, 1.807) is 30.3 Å². The summed E-state index contributed by atoms with van der Waals surface area (Å²) in [6.45, 7) is 0.740. The number of carbonyl (C=O) groups is 2. The summed E-state index contributed by atoms with van der Waals surface area (Å²) in [5.74, 6) is -0.497. The van der Waals surface area contributed by atoms with Gasteiger partial charge in [0, 0.05) is 18.8 Å². The first-order valence-corrected chi connectivity index (χ1v) is 7.50. The van der Waals surface area contributed by atoms with Gasteiger partial charge in [0.05, 0.1) is 15.5 Å². The quantitative estimate of drug-likeness (QED) is 0.789. The van der Waals surface area contributed by atoms with E-state index in [0.29, 0.717) is 29.2 Å². The summed E-state index contributed by atoms with van der Waals surface area (Å²) < 4.78 is 0. The van der Waals surface area contributed by atoms with Crippen molar-refractivity contribution in [2.75, 3.05) is 18.4 Å². The van der Waals surface area contributed by atoms with Gasteiger partial charge in [0.1, 0.15) is 0 Å². The highest BCUT2D eigenvalue weighted by atomic mass is 35.5. The molecule has 0 unspecified atom stereocenters.